The van der Waals surface area contributed by atoms with Crippen LogP contribution in [0.15, 0.2) is 36.7 Å². The second-order valence-electron chi connectivity index (χ2n) is 6.63. The standard InChI is InChI=1S/C20H26N4O2/c1-26-17-9-5-6-15(12-17)10-11-21-19-13-18(22-14-23-19)20(25)24-16-7-3-2-4-8-16/h5-6,9,12-14,16H,2-4,7-8,10-11H2,1H3,(H,24,25)(H,21,22,23). The lowest BCUT2D eigenvalue weighted by Crippen LogP contribution is -2.36. The third-order valence-electron chi connectivity index (χ3n) is 4.69. The number of carbonyl (C=O) groups is 1. The number of hydrogen-bond donors (Lipinski definition) is 2. The van der Waals surface area contributed by atoms with Gasteiger partial charge in [0.2, 0.25) is 0 Å². The quantitative estimate of drug-likeness (QED) is 0.798. The van der Waals surface area contributed by atoms with E-state index in [0.29, 0.717) is 18.1 Å². The minimum Gasteiger partial charge on any atom is -0.497 e. The fourth-order valence-electron chi connectivity index (χ4n) is 3.25. The van der Waals surface area contributed by atoms with E-state index >= 15 is 0 Å². The van der Waals surface area contributed by atoms with Gasteiger partial charge in [-0.1, -0.05) is 31.4 Å². The summed E-state index contributed by atoms with van der Waals surface area (Å²) >= 11 is 0. The molecule has 0 atom stereocenters. The Balaban J connectivity index is 1.52. The first-order valence-corrected chi connectivity index (χ1v) is 9.24. The highest BCUT2D eigenvalue weighted by atomic mass is 16.5. The Morgan fingerprint density at radius 1 is 1.19 bits per heavy atom. The Bertz CT molecular complexity index is 729. The lowest BCUT2D eigenvalue weighted by Gasteiger charge is -2.22. The van der Waals surface area contributed by atoms with Gasteiger partial charge in [0.25, 0.3) is 5.91 Å². The molecule has 3 rings (SSSR count). The Hall–Kier alpha value is -2.63. The predicted octanol–water partition coefficient (Wildman–Crippen LogP) is 3.20. The molecule has 0 radical (unpaired) electrons. The molecular formula is C20H26N4O2. The number of ether oxygens (including phenoxy) is 1. The SMILES string of the molecule is COc1cccc(CCNc2cc(C(=O)NC3CCCCC3)ncn2)c1. The Morgan fingerprint density at radius 2 is 2.04 bits per heavy atom. The number of benzene rings is 1. The van der Waals surface area contributed by atoms with Crippen LogP contribution in [0.1, 0.15) is 48.2 Å². The number of anilines is 1. The topological polar surface area (TPSA) is 76.1 Å². The second kappa shape index (κ2) is 9.17. The average molecular weight is 354 g/mol. The highest BCUT2D eigenvalue weighted by molar-refractivity contribution is 5.93. The predicted molar refractivity (Wildman–Crippen MR) is 102 cm³/mol. The zero-order valence-corrected chi connectivity index (χ0v) is 15.2. The molecule has 1 aromatic heterocycles. The lowest BCUT2D eigenvalue weighted by molar-refractivity contribution is 0.0922. The molecule has 1 saturated carbocycles. The van der Waals surface area contributed by atoms with E-state index in [1.165, 1.54) is 31.2 Å². The normalized spacial score (nSPS) is 14.7. The van der Waals surface area contributed by atoms with Gasteiger partial charge in [-0.3, -0.25) is 4.79 Å². The van der Waals surface area contributed by atoms with Crippen molar-refractivity contribution in [3.8, 4) is 5.75 Å². The fraction of sp³-hybridized carbons (Fsp3) is 0.450. The molecule has 6 nitrogen and oxygen atoms in total. The maximum absolute atomic E-state index is 12.4. The molecule has 2 N–H and O–H groups in total. The Labute approximate surface area is 154 Å². The van der Waals surface area contributed by atoms with Gasteiger partial charge in [0.15, 0.2) is 0 Å². The maximum Gasteiger partial charge on any atom is 0.270 e. The van der Waals surface area contributed by atoms with Crippen LogP contribution in [0.25, 0.3) is 0 Å². The van der Waals surface area contributed by atoms with Crippen LogP contribution in [0.5, 0.6) is 5.75 Å². The van der Waals surface area contributed by atoms with Gasteiger partial charge in [0, 0.05) is 18.7 Å². The third kappa shape index (κ3) is 5.18. The number of nitrogens with zero attached hydrogens (tertiary/aromatic N) is 2. The van der Waals surface area contributed by atoms with Gasteiger partial charge in [-0.05, 0) is 37.0 Å². The van der Waals surface area contributed by atoms with Crippen molar-refractivity contribution in [1.29, 1.82) is 0 Å². The van der Waals surface area contributed by atoms with E-state index in [1.807, 2.05) is 18.2 Å². The number of nitrogens with one attached hydrogen (secondary N) is 2. The molecule has 1 heterocycles. The molecule has 0 spiro atoms. The summed E-state index contributed by atoms with van der Waals surface area (Å²) in [5.41, 5.74) is 1.59. The summed E-state index contributed by atoms with van der Waals surface area (Å²) < 4.78 is 5.24. The molecule has 0 unspecified atom stereocenters. The van der Waals surface area contributed by atoms with Crippen molar-refractivity contribution >= 4 is 11.7 Å². The van der Waals surface area contributed by atoms with Gasteiger partial charge in [-0.25, -0.2) is 9.97 Å². The van der Waals surface area contributed by atoms with Crippen LogP contribution >= 0.6 is 0 Å². The molecule has 0 saturated heterocycles. The van der Waals surface area contributed by atoms with Crippen molar-refractivity contribution in [2.45, 2.75) is 44.6 Å². The molecule has 0 bridgehead atoms. The van der Waals surface area contributed by atoms with Gasteiger partial charge in [0.1, 0.15) is 23.6 Å². The molecule has 1 fully saturated rings. The van der Waals surface area contributed by atoms with Crippen molar-refractivity contribution in [3.63, 3.8) is 0 Å². The Morgan fingerprint density at radius 3 is 2.85 bits per heavy atom. The minimum absolute atomic E-state index is 0.116. The van der Waals surface area contributed by atoms with Crippen molar-refractivity contribution in [2.24, 2.45) is 0 Å². The van der Waals surface area contributed by atoms with Gasteiger partial charge in [0.05, 0.1) is 7.11 Å². The number of amides is 1. The average Bonchev–Trinajstić information content (AvgIpc) is 2.69. The van der Waals surface area contributed by atoms with E-state index in [0.717, 1.165) is 25.0 Å². The molecule has 138 valence electrons. The maximum atomic E-state index is 12.4. The summed E-state index contributed by atoms with van der Waals surface area (Å²) in [5, 5.41) is 6.34. The van der Waals surface area contributed by atoms with Gasteiger partial charge in [-0.2, -0.15) is 0 Å². The lowest BCUT2D eigenvalue weighted by atomic mass is 9.95. The van der Waals surface area contributed by atoms with Crippen LogP contribution in [0.4, 0.5) is 5.82 Å². The largest absolute Gasteiger partial charge is 0.497 e. The first-order chi connectivity index (χ1) is 12.7. The van der Waals surface area contributed by atoms with Crippen molar-refractivity contribution in [1.82, 2.24) is 15.3 Å². The summed E-state index contributed by atoms with van der Waals surface area (Å²) in [6.07, 6.45) is 8.03. The van der Waals surface area contributed by atoms with Crippen LogP contribution in [0.2, 0.25) is 0 Å². The van der Waals surface area contributed by atoms with Crippen LogP contribution in [0, 0.1) is 0 Å². The van der Waals surface area contributed by atoms with E-state index in [9.17, 15) is 4.79 Å². The molecule has 6 heteroatoms. The summed E-state index contributed by atoms with van der Waals surface area (Å²) in [6.45, 7) is 0.716. The van der Waals surface area contributed by atoms with Crippen LogP contribution in [-0.2, 0) is 6.42 Å². The smallest absolute Gasteiger partial charge is 0.270 e. The van der Waals surface area contributed by atoms with Gasteiger partial charge >= 0.3 is 0 Å². The van der Waals surface area contributed by atoms with Gasteiger partial charge < -0.3 is 15.4 Å². The van der Waals surface area contributed by atoms with E-state index < -0.39 is 0 Å². The monoisotopic (exact) mass is 354 g/mol. The molecule has 26 heavy (non-hydrogen) atoms. The van der Waals surface area contributed by atoms with E-state index in [4.69, 9.17) is 4.74 Å². The fourth-order valence-corrected chi connectivity index (χ4v) is 3.25. The number of methoxy groups -OCH3 is 1. The molecular weight excluding hydrogens is 328 g/mol. The molecule has 2 aromatic rings. The van der Waals surface area contributed by atoms with Crippen LogP contribution in [-0.4, -0.2) is 35.6 Å². The summed E-state index contributed by atoms with van der Waals surface area (Å²) in [6, 6.07) is 9.97. The zero-order valence-electron chi connectivity index (χ0n) is 15.2. The van der Waals surface area contributed by atoms with Crippen LogP contribution < -0.4 is 15.4 Å². The zero-order chi connectivity index (χ0) is 18.2. The number of aromatic nitrogens is 2. The molecule has 0 aliphatic heterocycles. The van der Waals surface area contributed by atoms with Crippen molar-refractivity contribution < 1.29 is 9.53 Å². The van der Waals surface area contributed by atoms with Gasteiger partial charge in [-0.15, -0.1) is 0 Å². The first kappa shape index (κ1) is 18.2. The van der Waals surface area contributed by atoms with E-state index in [2.05, 4.69) is 26.7 Å². The summed E-state index contributed by atoms with van der Waals surface area (Å²) in [5.74, 6) is 1.40. The summed E-state index contributed by atoms with van der Waals surface area (Å²) in [4.78, 5) is 20.7. The second-order valence-corrected chi connectivity index (χ2v) is 6.63. The molecule has 1 aromatic carbocycles. The summed E-state index contributed by atoms with van der Waals surface area (Å²) in [7, 11) is 1.66. The molecule has 1 amide bonds. The molecule has 1 aliphatic rings. The number of carbonyl (C=O) groups excluding carboxylic acids is 1. The van der Waals surface area contributed by atoms with Crippen molar-refractivity contribution in [3.05, 3.63) is 47.9 Å². The van der Waals surface area contributed by atoms with Crippen molar-refractivity contribution in [2.75, 3.05) is 19.0 Å². The highest BCUT2D eigenvalue weighted by Gasteiger charge is 2.17. The third-order valence-corrected chi connectivity index (χ3v) is 4.69. The highest BCUT2D eigenvalue weighted by Crippen LogP contribution is 2.18. The Kier molecular flexibility index (Phi) is 6.41. The first-order valence-electron chi connectivity index (χ1n) is 9.24. The number of rotatable bonds is 7. The number of hydrogen-bond acceptors (Lipinski definition) is 5. The minimum atomic E-state index is -0.116. The molecule has 1 aliphatic carbocycles. The van der Waals surface area contributed by atoms with Crippen LogP contribution in [0.3, 0.4) is 0 Å². The van der Waals surface area contributed by atoms with E-state index in [-0.39, 0.29) is 11.9 Å². The van der Waals surface area contributed by atoms with E-state index in [1.54, 1.807) is 13.2 Å².